The van der Waals surface area contributed by atoms with Gasteiger partial charge in [-0.2, -0.15) is 0 Å². The molecule has 156 valence electrons. The van der Waals surface area contributed by atoms with E-state index >= 15 is 0 Å². The smallest absolute Gasteiger partial charge is 0.303 e. The lowest BCUT2D eigenvalue weighted by molar-refractivity contribution is -0.344. The van der Waals surface area contributed by atoms with Gasteiger partial charge >= 0.3 is 11.9 Å². The van der Waals surface area contributed by atoms with Crippen molar-refractivity contribution in [1.82, 2.24) is 0 Å². The maximum atomic E-state index is 11.5. The van der Waals surface area contributed by atoms with E-state index in [0.29, 0.717) is 0 Å². The first-order chi connectivity index (χ1) is 12.6. The summed E-state index contributed by atoms with van der Waals surface area (Å²) >= 11 is 0. The van der Waals surface area contributed by atoms with Gasteiger partial charge in [-0.05, 0) is 0 Å². The average molecular weight is 396 g/mol. The summed E-state index contributed by atoms with van der Waals surface area (Å²) in [5.74, 6) is -1.59. The highest BCUT2D eigenvalue weighted by molar-refractivity contribution is 5.67. The third-order valence-corrected chi connectivity index (χ3v) is 4.14. The maximum absolute atomic E-state index is 11.5. The van der Waals surface area contributed by atoms with Gasteiger partial charge in [0.05, 0.1) is 13.2 Å². The van der Waals surface area contributed by atoms with E-state index in [1.54, 1.807) is 0 Å². The molecule has 0 amide bonds. The van der Waals surface area contributed by atoms with E-state index in [-0.39, 0.29) is 6.61 Å². The fourth-order valence-corrected chi connectivity index (χ4v) is 2.90. The SMILES string of the molecule is CC(=O)O[C@H]1[C@@H](OC(C)=O)[C@H](O)O[C@H](CO)[C@H]1O[C@@H]1OC[C@@H](O)[C@H](O)[C@H]1O. The van der Waals surface area contributed by atoms with Gasteiger partial charge in [-0.15, -0.1) is 0 Å². The fourth-order valence-electron chi connectivity index (χ4n) is 2.90. The van der Waals surface area contributed by atoms with E-state index in [0.717, 1.165) is 13.8 Å². The molecule has 2 heterocycles. The summed E-state index contributed by atoms with van der Waals surface area (Å²) in [7, 11) is 0. The standard InChI is InChI=1S/C15H24O12/c1-5(17)24-12-11(27-15-10(21)9(20)7(19)4-23-15)8(3-16)26-14(22)13(12)25-6(2)18/h7-16,19-22H,3-4H2,1-2H3/t7-,8-,9+,10-,11-,12-,13-,14-,15+/m1/s1. The molecule has 2 saturated heterocycles. The van der Waals surface area contributed by atoms with Crippen LogP contribution in [-0.4, -0.2) is 106 Å². The summed E-state index contributed by atoms with van der Waals surface area (Å²) in [5.41, 5.74) is 0. The van der Waals surface area contributed by atoms with Gasteiger partial charge in [-0.25, -0.2) is 0 Å². The first-order valence-electron chi connectivity index (χ1n) is 8.25. The average Bonchev–Trinajstić information content (AvgIpc) is 2.59. The van der Waals surface area contributed by atoms with Crippen molar-refractivity contribution >= 4 is 11.9 Å². The van der Waals surface area contributed by atoms with Crippen molar-refractivity contribution in [3.05, 3.63) is 0 Å². The molecule has 0 aromatic carbocycles. The quantitative estimate of drug-likeness (QED) is 0.288. The molecule has 2 rings (SSSR count). The predicted octanol–water partition coefficient (Wildman–Crippen LogP) is -3.62. The molecule has 0 radical (unpaired) electrons. The number of aliphatic hydroxyl groups is 5. The molecule has 27 heavy (non-hydrogen) atoms. The molecule has 2 fully saturated rings. The Bertz CT molecular complexity index is 527. The van der Waals surface area contributed by atoms with Crippen LogP contribution in [0.5, 0.6) is 0 Å². The van der Waals surface area contributed by atoms with E-state index in [9.17, 15) is 35.1 Å². The molecule has 12 heteroatoms. The van der Waals surface area contributed by atoms with Crippen LogP contribution in [0.3, 0.4) is 0 Å². The fraction of sp³-hybridized carbons (Fsp3) is 0.867. The second-order valence-electron chi connectivity index (χ2n) is 6.25. The Morgan fingerprint density at radius 1 is 0.963 bits per heavy atom. The monoisotopic (exact) mass is 396 g/mol. The number of rotatable bonds is 5. The molecule has 0 unspecified atom stereocenters. The van der Waals surface area contributed by atoms with Gasteiger partial charge in [0.25, 0.3) is 0 Å². The molecule has 0 aromatic rings. The van der Waals surface area contributed by atoms with Crippen LogP contribution in [0, 0.1) is 0 Å². The lowest BCUT2D eigenvalue weighted by Gasteiger charge is -2.45. The van der Waals surface area contributed by atoms with Crippen molar-refractivity contribution in [3.8, 4) is 0 Å². The highest BCUT2D eigenvalue weighted by Crippen LogP contribution is 2.30. The van der Waals surface area contributed by atoms with Gasteiger partial charge in [-0.1, -0.05) is 0 Å². The Labute approximate surface area is 154 Å². The molecule has 9 atom stereocenters. The summed E-state index contributed by atoms with van der Waals surface area (Å²) in [6.45, 7) is 1.11. The van der Waals surface area contributed by atoms with Gasteiger partial charge in [-0.3, -0.25) is 9.59 Å². The van der Waals surface area contributed by atoms with E-state index in [1.807, 2.05) is 0 Å². The van der Waals surface area contributed by atoms with Crippen molar-refractivity contribution in [2.45, 2.75) is 69.2 Å². The summed E-state index contributed by atoms with van der Waals surface area (Å²) in [6, 6.07) is 0. The molecule has 0 bridgehead atoms. The topological polar surface area (TPSA) is 181 Å². The molecular formula is C15H24O12. The number of hydrogen-bond acceptors (Lipinski definition) is 12. The number of carbonyl (C=O) groups excluding carboxylic acids is 2. The minimum absolute atomic E-state index is 0.353. The summed E-state index contributed by atoms with van der Waals surface area (Å²) < 4.78 is 25.9. The molecule has 0 spiro atoms. The van der Waals surface area contributed by atoms with Gasteiger partial charge < -0.3 is 49.2 Å². The van der Waals surface area contributed by atoms with Crippen molar-refractivity contribution in [2.75, 3.05) is 13.2 Å². The Morgan fingerprint density at radius 3 is 2.11 bits per heavy atom. The molecule has 12 nitrogen and oxygen atoms in total. The van der Waals surface area contributed by atoms with Crippen molar-refractivity contribution in [1.29, 1.82) is 0 Å². The second-order valence-corrected chi connectivity index (χ2v) is 6.25. The normalized spacial score (nSPS) is 42.4. The van der Waals surface area contributed by atoms with Crippen LogP contribution >= 0.6 is 0 Å². The van der Waals surface area contributed by atoms with Crippen molar-refractivity contribution in [3.63, 3.8) is 0 Å². The number of ether oxygens (including phenoxy) is 5. The Kier molecular flexibility index (Phi) is 7.47. The zero-order valence-electron chi connectivity index (χ0n) is 14.7. The van der Waals surface area contributed by atoms with Crippen LogP contribution in [-0.2, 0) is 33.3 Å². The molecule has 0 saturated carbocycles. The highest BCUT2D eigenvalue weighted by Gasteiger charge is 2.52. The lowest BCUT2D eigenvalue weighted by Crippen LogP contribution is -2.64. The molecule has 0 aliphatic carbocycles. The lowest BCUT2D eigenvalue weighted by atomic mass is 9.97. The van der Waals surface area contributed by atoms with Crippen LogP contribution in [0.4, 0.5) is 0 Å². The van der Waals surface area contributed by atoms with Gasteiger partial charge in [0.2, 0.25) is 0 Å². The minimum atomic E-state index is -1.72. The maximum Gasteiger partial charge on any atom is 0.303 e. The molecule has 2 aliphatic heterocycles. The minimum Gasteiger partial charge on any atom is -0.455 e. The highest BCUT2D eigenvalue weighted by atomic mass is 16.7. The van der Waals surface area contributed by atoms with Crippen LogP contribution in [0.1, 0.15) is 13.8 Å². The Morgan fingerprint density at radius 2 is 1.56 bits per heavy atom. The van der Waals surface area contributed by atoms with Crippen LogP contribution in [0.25, 0.3) is 0 Å². The zero-order valence-corrected chi connectivity index (χ0v) is 14.7. The van der Waals surface area contributed by atoms with Gasteiger partial charge in [0, 0.05) is 13.8 Å². The van der Waals surface area contributed by atoms with Crippen molar-refractivity contribution in [2.24, 2.45) is 0 Å². The molecular weight excluding hydrogens is 372 g/mol. The Hall–Kier alpha value is -1.38. The number of carbonyl (C=O) groups is 2. The van der Waals surface area contributed by atoms with Crippen LogP contribution in [0.15, 0.2) is 0 Å². The second kappa shape index (κ2) is 9.21. The van der Waals surface area contributed by atoms with E-state index in [2.05, 4.69) is 0 Å². The first kappa shape index (κ1) is 21.9. The first-order valence-corrected chi connectivity index (χ1v) is 8.25. The van der Waals surface area contributed by atoms with Crippen molar-refractivity contribution < 1.29 is 58.8 Å². The largest absolute Gasteiger partial charge is 0.455 e. The number of hydrogen-bond donors (Lipinski definition) is 5. The van der Waals surface area contributed by atoms with Crippen LogP contribution < -0.4 is 0 Å². The summed E-state index contributed by atoms with van der Waals surface area (Å²) in [5, 5.41) is 48.9. The third kappa shape index (κ3) is 5.12. The zero-order chi connectivity index (χ0) is 20.3. The summed E-state index contributed by atoms with van der Waals surface area (Å²) in [6.07, 6.45) is -13.2. The van der Waals surface area contributed by atoms with Gasteiger partial charge in [0.15, 0.2) is 24.8 Å². The van der Waals surface area contributed by atoms with Gasteiger partial charge in [0.1, 0.15) is 30.5 Å². The molecule has 2 aliphatic rings. The predicted molar refractivity (Wildman–Crippen MR) is 81.7 cm³/mol. The van der Waals surface area contributed by atoms with E-state index in [1.165, 1.54) is 0 Å². The summed E-state index contributed by atoms with van der Waals surface area (Å²) in [4.78, 5) is 22.8. The number of aliphatic hydroxyl groups excluding tert-OH is 5. The molecule has 0 aromatic heterocycles. The third-order valence-electron chi connectivity index (χ3n) is 4.14. The van der Waals surface area contributed by atoms with E-state index in [4.69, 9.17) is 23.7 Å². The number of esters is 2. The molecule has 5 N–H and O–H groups in total. The van der Waals surface area contributed by atoms with E-state index < -0.39 is 73.9 Å². The Balaban J connectivity index is 2.26. The van der Waals surface area contributed by atoms with Crippen LogP contribution in [0.2, 0.25) is 0 Å².